The third-order valence-corrected chi connectivity index (χ3v) is 7.89. The molecule has 32 heavy (non-hydrogen) atoms. The topological polar surface area (TPSA) is 86.7 Å². The van der Waals surface area contributed by atoms with Crippen molar-refractivity contribution in [3.63, 3.8) is 0 Å². The molecule has 0 heterocycles. The summed E-state index contributed by atoms with van der Waals surface area (Å²) in [5.74, 6) is -1.59. The Hall–Kier alpha value is -2.67. The van der Waals surface area contributed by atoms with Crippen molar-refractivity contribution in [3.05, 3.63) is 60.7 Å². The molecule has 2 aromatic rings. The van der Waals surface area contributed by atoms with E-state index in [9.17, 15) is 18.0 Å². The standard InChI is InChI=1S/C25H32O6S/c1-19(2)24(32(28,29)21-15-9-5-10-16-21)22(17-11-6-12-18-23(26)30-3)25(27)31-20-13-7-4-8-14-20/h4-5,7-10,13-16,19,22,24H,6,11-12,17-18H2,1-3H3/t22-,24-/m1/s1. The number of methoxy groups -OCH3 is 1. The Morgan fingerprint density at radius 1 is 0.875 bits per heavy atom. The van der Waals surface area contributed by atoms with Crippen LogP contribution in [0.2, 0.25) is 0 Å². The minimum absolute atomic E-state index is 0.196. The van der Waals surface area contributed by atoms with E-state index in [1.807, 2.05) is 19.9 Å². The van der Waals surface area contributed by atoms with E-state index in [4.69, 9.17) is 4.74 Å². The van der Waals surface area contributed by atoms with Gasteiger partial charge in [0.15, 0.2) is 9.84 Å². The first-order chi connectivity index (χ1) is 15.3. The average molecular weight is 461 g/mol. The van der Waals surface area contributed by atoms with E-state index >= 15 is 0 Å². The Balaban J connectivity index is 2.26. The van der Waals surface area contributed by atoms with Crippen molar-refractivity contribution in [2.75, 3.05) is 7.11 Å². The molecular weight excluding hydrogens is 428 g/mol. The minimum Gasteiger partial charge on any atom is -0.469 e. The molecule has 2 rings (SSSR count). The van der Waals surface area contributed by atoms with Gasteiger partial charge in [0, 0.05) is 6.42 Å². The molecule has 0 saturated carbocycles. The quantitative estimate of drug-likeness (QED) is 0.256. The highest BCUT2D eigenvalue weighted by Crippen LogP contribution is 2.32. The first kappa shape index (κ1) is 25.6. The zero-order chi connectivity index (χ0) is 23.6. The summed E-state index contributed by atoms with van der Waals surface area (Å²) in [7, 11) is -2.43. The number of carbonyl (C=O) groups is 2. The van der Waals surface area contributed by atoms with E-state index in [1.54, 1.807) is 54.6 Å². The summed E-state index contributed by atoms with van der Waals surface area (Å²) in [6, 6.07) is 16.9. The Labute approximate surface area is 190 Å². The molecular formula is C25H32O6S. The summed E-state index contributed by atoms with van der Waals surface area (Å²) < 4.78 is 37.3. The zero-order valence-corrected chi connectivity index (χ0v) is 19.7. The molecule has 0 bridgehead atoms. The van der Waals surface area contributed by atoms with Gasteiger partial charge >= 0.3 is 11.9 Å². The number of sulfone groups is 1. The van der Waals surface area contributed by atoms with Gasteiger partial charge in [-0.2, -0.15) is 0 Å². The molecule has 0 fully saturated rings. The van der Waals surface area contributed by atoms with Gasteiger partial charge in [0.05, 0.1) is 23.2 Å². The van der Waals surface area contributed by atoms with E-state index in [-0.39, 0.29) is 16.8 Å². The fourth-order valence-electron chi connectivity index (χ4n) is 3.82. The normalized spacial score (nSPS) is 13.4. The van der Waals surface area contributed by atoms with Crippen LogP contribution in [0.1, 0.15) is 46.0 Å². The highest BCUT2D eigenvalue weighted by molar-refractivity contribution is 7.92. The second kappa shape index (κ2) is 12.4. The predicted octanol–water partition coefficient (Wildman–Crippen LogP) is 4.83. The zero-order valence-electron chi connectivity index (χ0n) is 18.9. The highest BCUT2D eigenvalue weighted by atomic mass is 32.2. The number of rotatable bonds is 12. The van der Waals surface area contributed by atoms with E-state index in [2.05, 4.69) is 4.74 Å². The van der Waals surface area contributed by atoms with Crippen LogP contribution in [0.3, 0.4) is 0 Å². The molecule has 0 spiro atoms. The van der Waals surface area contributed by atoms with Crippen LogP contribution in [0.4, 0.5) is 0 Å². The van der Waals surface area contributed by atoms with Crippen molar-refractivity contribution in [2.24, 2.45) is 11.8 Å². The minimum atomic E-state index is -3.77. The highest BCUT2D eigenvalue weighted by Gasteiger charge is 2.41. The van der Waals surface area contributed by atoms with Gasteiger partial charge in [-0.05, 0) is 43.0 Å². The lowest BCUT2D eigenvalue weighted by molar-refractivity contribution is -0.141. The van der Waals surface area contributed by atoms with Gasteiger partial charge in [-0.1, -0.05) is 63.1 Å². The van der Waals surface area contributed by atoms with Gasteiger partial charge in [-0.15, -0.1) is 0 Å². The van der Waals surface area contributed by atoms with Crippen molar-refractivity contribution in [2.45, 2.75) is 56.1 Å². The first-order valence-corrected chi connectivity index (χ1v) is 12.4. The van der Waals surface area contributed by atoms with Gasteiger partial charge in [-0.3, -0.25) is 9.59 Å². The van der Waals surface area contributed by atoms with E-state index in [1.165, 1.54) is 7.11 Å². The van der Waals surface area contributed by atoms with Gasteiger partial charge in [0.1, 0.15) is 5.75 Å². The molecule has 0 aliphatic heterocycles. The van der Waals surface area contributed by atoms with Crippen molar-refractivity contribution in [1.82, 2.24) is 0 Å². The Morgan fingerprint density at radius 3 is 2.03 bits per heavy atom. The van der Waals surface area contributed by atoms with Gasteiger partial charge in [-0.25, -0.2) is 8.42 Å². The van der Waals surface area contributed by atoms with Crippen LogP contribution in [-0.4, -0.2) is 32.7 Å². The summed E-state index contributed by atoms with van der Waals surface area (Å²) >= 11 is 0. The van der Waals surface area contributed by atoms with Crippen LogP contribution in [0.25, 0.3) is 0 Å². The molecule has 0 aliphatic carbocycles. The Kier molecular flexibility index (Phi) is 9.91. The second-order valence-corrected chi connectivity index (χ2v) is 10.2. The van der Waals surface area contributed by atoms with Crippen LogP contribution in [0.5, 0.6) is 5.75 Å². The summed E-state index contributed by atoms with van der Waals surface area (Å²) in [4.78, 5) is 24.7. The second-order valence-electron chi connectivity index (χ2n) is 8.08. The van der Waals surface area contributed by atoms with Crippen molar-refractivity contribution >= 4 is 21.8 Å². The van der Waals surface area contributed by atoms with Crippen LogP contribution >= 0.6 is 0 Å². The maximum Gasteiger partial charge on any atom is 0.315 e. The van der Waals surface area contributed by atoms with Crippen LogP contribution in [0, 0.1) is 11.8 Å². The van der Waals surface area contributed by atoms with Gasteiger partial charge in [0.2, 0.25) is 0 Å². The molecule has 0 N–H and O–H groups in total. The summed E-state index contributed by atoms with van der Waals surface area (Å²) in [6.45, 7) is 3.62. The molecule has 0 unspecified atom stereocenters. The number of hydrogen-bond donors (Lipinski definition) is 0. The fourth-order valence-corrected chi connectivity index (χ4v) is 6.06. The third kappa shape index (κ3) is 7.19. The lowest BCUT2D eigenvalue weighted by atomic mass is 9.91. The predicted molar refractivity (Wildman–Crippen MR) is 123 cm³/mol. The molecule has 2 atom stereocenters. The molecule has 0 amide bonds. The largest absolute Gasteiger partial charge is 0.469 e. The fraction of sp³-hybridized carbons (Fsp3) is 0.440. The first-order valence-electron chi connectivity index (χ1n) is 10.9. The van der Waals surface area contributed by atoms with E-state index < -0.39 is 27.0 Å². The van der Waals surface area contributed by atoms with Gasteiger partial charge in [0.25, 0.3) is 0 Å². The molecule has 0 radical (unpaired) electrons. The van der Waals surface area contributed by atoms with Crippen molar-refractivity contribution in [1.29, 1.82) is 0 Å². The molecule has 0 aromatic heterocycles. The molecule has 0 aliphatic rings. The van der Waals surface area contributed by atoms with Gasteiger partial charge < -0.3 is 9.47 Å². The average Bonchev–Trinajstić information content (AvgIpc) is 2.78. The lowest BCUT2D eigenvalue weighted by Crippen LogP contribution is -2.41. The van der Waals surface area contributed by atoms with Crippen molar-refractivity contribution in [3.8, 4) is 5.75 Å². The lowest BCUT2D eigenvalue weighted by Gasteiger charge is -2.28. The Morgan fingerprint density at radius 2 is 1.47 bits per heavy atom. The van der Waals surface area contributed by atoms with Crippen LogP contribution in [-0.2, 0) is 24.2 Å². The maximum absolute atomic E-state index is 13.5. The van der Waals surface area contributed by atoms with E-state index in [0.29, 0.717) is 37.9 Å². The molecule has 2 aromatic carbocycles. The van der Waals surface area contributed by atoms with Crippen LogP contribution in [0.15, 0.2) is 65.6 Å². The third-order valence-electron chi connectivity index (χ3n) is 5.37. The summed E-state index contributed by atoms with van der Waals surface area (Å²) in [6.07, 6.45) is 2.54. The smallest absolute Gasteiger partial charge is 0.315 e. The summed E-state index contributed by atoms with van der Waals surface area (Å²) in [5.41, 5.74) is 0. The summed E-state index contributed by atoms with van der Waals surface area (Å²) in [5, 5.41) is -0.929. The molecule has 7 heteroatoms. The number of ether oxygens (including phenoxy) is 2. The molecule has 6 nitrogen and oxygen atoms in total. The number of para-hydroxylation sites is 1. The van der Waals surface area contributed by atoms with Crippen LogP contribution < -0.4 is 4.74 Å². The maximum atomic E-state index is 13.5. The van der Waals surface area contributed by atoms with E-state index in [0.717, 1.165) is 0 Å². The SMILES string of the molecule is COC(=O)CCCCC[C@@H](C(=O)Oc1ccccc1)[C@@H](C(C)C)S(=O)(=O)c1ccccc1. The number of hydrogen-bond acceptors (Lipinski definition) is 6. The molecule has 174 valence electrons. The Bertz CT molecular complexity index is 954. The van der Waals surface area contributed by atoms with Crippen molar-refractivity contribution < 1.29 is 27.5 Å². The number of benzene rings is 2. The number of unbranched alkanes of at least 4 members (excludes halogenated alkanes) is 2. The monoisotopic (exact) mass is 460 g/mol. The number of esters is 2. The number of carbonyl (C=O) groups excluding carboxylic acids is 2. The molecule has 0 saturated heterocycles.